The third kappa shape index (κ3) is 3.26. The predicted octanol–water partition coefficient (Wildman–Crippen LogP) is 2.48. The Kier molecular flexibility index (Phi) is 4.77. The molecular weight excluding hydrogens is 370 g/mol. The summed E-state index contributed by atoms with van der Waals surface area (Å²) in [4.78, 5) is 24.1. The lowest BCUT2D eigenvalue weighted by Crippen LogP contribution is -2.38. The van der Waals surface area contributed by atoms with Crippen molar-refractivity contribution in [2.24, 2.45) is 0 Å². The molecule has 0 aliphatic heterocycles. The third-order valence-electron chi connectivity index (χ3n) is 2.99. The molecular formula is C15H12BrNO4S. The lowest BCUT2D eigenvalue weighted by Gasteiger charge is -2.16. The molecule has 0 fully saturated rings. The van der Waals surface area contributed by atoms with Crippen LogP contribution >= 0.6 is 15.9 Å². The van der Waals surface area contributed by atoms with Crippen LogP contribution in [0.1, 0.15) is 10.4 Å². The van der Waals surface area contributed by atoms with E-state index < -0.39 is 21.7 Å². The Morgan fingerprint density at radius 1 is 0.955 bits per heavy atom. The van der Waals surface area contributed by atoms with Gasteiger partial charge in [0.15, 0.2) is 0 Å². The number of carbonyl (C=O) groups is 2. The number of sulfonamides is 1. The summed E-state index contributed by atoms with van der Waals surface area (Å²) >= 11 is 3.20. The van der Waals surface area contributed by atoms with E-state index in [2.05, 4.69) is 15.9 Å². The highest BCUT2D eigenvalue weighted by molar-refractivity contribution is 9.10. The minimum absolute atomic E-state index is 0.0626. The molecule has 2 aromatic carbocycles. The van der Waals surface area contributed by atoms with Crippen LogP contribution in [-0.2, 0) is 14.8 Å². The van der Waals surface area contributed by atoms with Crippen LogP contribution in [0.5, 0.6) is 0 Å². The smallest absolute Gasteiger partial charge is 0.283 e. The van der Waals surface area contributed by atoms with Crippen molar-refractivity contribution in [2.45, 2.75) is 4.90 Å². The van der Waals surface area contributed by atoms with Gasteiger partial charge in [0, 0.05) is 17.1 Å². The molecule has 0 aliphatic carbocycles. The monoisotopic (exact) mass is 381 g/mol. The summed E-state index contributed by atoms with van der Waals surface area (Å²) in [7, 11) is -3.00. The SMILES string of the molecule is CN(C(=O)C(=O)c1ccccc1)S(=O)(=O)c1ccc(Br)cc1. The summed E-state index contributed by atoms with van der Waals surface area (Å²) in [6.45, 7) is 0. The number of likely N-dealkylation sites (N-methyl/N-ethyl adjacent to an activating group) is 1. The molecule has 0 heterocycles. The van der Waals surface area contributed by atoms with E-state index in [-0.39, 0.29) is 10.5 Å². The lowest BCUT2D eigenvalue weighted by molar-refractivity contribution is -0.121. The number of halogens is 1. The van der Waals surface area contributed by atoms with Crippen molar-refractivity contribution in [3.8, 4) is 0 Å². The van der Waals surface area contributed by atoms with Crippen LogP contribution < -0.4 is 0 Å². The van der Waals surface area contributed by atoms with Crippen molar-refractivity contribution in [2.75, 3.05) is 7.05 Å². The Bertz CT molecular complexity index is 801. The van der Waals surface area contributed by atoms with Crippen LogP contribution in [-0.4, -0.2) is 31.5 Å². The molecule has 2 rings (SSSR count). The standard InChI is InChI=1S/C15H12BrNO4S/c1-17(15(19)14(18)11-5-3-2-4-6-11)22(20,21)13-9-7-12(16)8-10-13/h2-10H,1H3. The van der Waals surface area contributed by atoms with E-state index in [0.717, 1.165) is 7.05 Å². The largest absolute Gasteiger partial charge is 0.308 e. The maximum Gasteiger partial charge on any atom is 0.308 e. The van der Waals surface area contributed by atoms with Gasteiger partial charge in [-0.25, -0.2) is 12.7 Å². The molecule has 0 aliphatic rings. The van der Waals surface area contributed by atoms with Gasteiger partial charge in [-0.05, 0) is 24.3 Å². The zero-order chi connectivity index (χ0) is 16.3. The van der Waals surface area contributed by atoms with E-state index in [9.17, 15) is 18.0 Å². The first-order valence-corrected chi connectivity index (χ1v) is 8.45. The Labute approximate surface area is 136 Å². The third-order valence-corrected chi connectivity index (χ3v) is 5.27. The molecule has 0 spiro atoms. The van der Waals surface area contributed by atoms with Crippen molar-refractivity contribution < 1.29 is 18.0 Å². The molecule has 0 bridgehead atoms. The van der Waals surface area contributed by atoms with Crippen LogP contribution in [0.3, 0.4) is 0 Å². The number of amides is 1. The van der Waals surface area contributed by atoms with E-state index in [1.54, 1.807) is 30.3 Å². The van der Waals surface area contributed by atoms with Gasteiger partial charge in [0.1, 0.15) is 0 Å². The van der Waals surface area contributed by atoms with Gasteiger partial charge >= 0.3 is 5.91 Å². The van der Waals surface area contributed by atoms with Gasteiger partial charge in [0.05, 0.1) is 4.90 Å². The Morgan fingerprint density at radius 2 is 1.50 bits per heavy atom. The van der Waals surface area contributed by atoms with Gasteiger partial charge in [-0.2, -0.15) is 0 Å². The molecule has 0 radical (unpaired) electrons. The summed E-state index contributed by atoms with van der Waals surface area (Å²) in [5, 5.41) is 0. The zero-order valence-corrected chi connectivity index (χ0v) is 14.0. The maximum absolute atomic E-state index is 12.4. The molecule has 114 valence electrons. The second-order valence-electron chi connectivity index (χ2n) is 4.43. The normalized spacial score (nSPS) is 11.0. The first kappa shape index (κ1) is 16.4. The topological polar surface area (TPSA) is 71.5 Å². The van der Waals surface area contributed by atoms with Crippen LogP contribution in [0.4, 0.5) is 0 Å². The number of ketones is 1. The average Bonchev–Trinajstić information content (AvgIpc) is 2.54. The summed E-state index contributed by atoms with van der Waals surface area (Å²) < 4.78 is 25.9. The van der Waals surface area contributed by atoms with Crippen molar-refractivity contribution in [1.29, 1.82) is 0 Å². The van der Waals surface area contributed by atoms with E-state index in [0.29, 0.717) is 8.78 Å². The first-order chi connectivity index (χ1) is 10.3. The highest BCUT2D eigenvalue weighted by Crippen LogP contribution is 2.18. The van der Waals surface area contributed by atoms with Crippen LogP contribution in [0.15, 0.2) is 64.0 Å². The van der Waals surface area contributed by atoms with Gasteiger partial charge in [-0.3, -0.25) is 9.59 Å². The molecule has 0 aromatic heterocycles. The molecule has 1 amide bonds. The molecule has 0 unspecified atom stereocenters. The van der Waals surface area contributed by atoms with Crippen LogP contribution in [0.25, 0.3) is 0 Å². The number of hydrogen-bond donors (Lipinski definition) is 0. The molecule has 0 atom stereocenters. The van der Waals surface area contributed by atoms with Crippen molar-refractivity contribution in [3.63, 3.8) is 0 Å². The summed E-state index contributed by atoms with van der Waals surface area (Å²) in [5.41, 5.74) is 0.144. The summed E-state index contributed by atoms with van der Waals surface area (Å²) in [5.74, 6) is -1.97. The van der Waals surface area contributed by atoms with E-state index in [1.807, 2.05) is 0 Å². The Morgan fingerprint density at radius 3 is 2.05 bits per heavy atom. The second kappa shape index (κ2) is 6.41. The van der Waals surface area contributed by atoms with Crippen LogP contribution in [0.2, 0.25) is 0 Å². The fourth-order valence-corrected chi connectivity index (χ4v) is 3.09. The van der Waals surface area contributed by atoms with E-state index in [4.69, 9.17) is 0 Å². The molecule has 7 heteroatoms. The predicted molar refractivity (Wildman–Crippen MR) is 84.9 cm³/mol. The molecule has 2 aromatic rings. The maximum atomic E-state index is 12.4. The van der Waals surface area contributed by atoms with Gasteiger partial charge in [0.25, 0.3) is 15.8 Å². The molecule has 0 N–H and O–H groups in total. The van der Waals surface area contributed by atoms with Gasteiger partial charge in [0.2, 0.25) is 0 Å². The fraction of sp³-hybridized carbons (Fsp3) is 0.0667. The van der Waals surface area contributed by atoms with Gasteiger partial charge in [-0.1, -0.05) is 46.3 Å². The fourth-order valence-electron chi connectivity index (χ4n) is 1.73. The molecule has 0 saturated carbocycles. The number of carbonyl (C=O) groups excluding carboxylic acids is 2. The average molecular weight is 382 g/mol. The van der Waals surface area contributed by atoms with E-state index >= 15 is 0 Å². The number of hydrogen-bond acceptors (Lipinski definition) is 4. The highest BCUT2D eigenvalue weighted by Gasteiger charge is 2.30. The molecule has 22 heavy (non-hydrogen) atoms. The number of benzene rings is 2. The quantitative estimate of drug-likeness (QED) is 0.602. The Balaban J connectivity index is 2.30. The second-order valence-corrected chi connectivity index (χ2v) is 7.31. The minimum atomic E-state index is -4.07. The highest BCUT2D eigenvalue weighted by atomic mass is 79.9. The van der Waals surface area contributed by atoms with Crippen LogP contribution in [0, 0.1) is 0 Å². The van der Waals surface area contributed by atoms with Crippen molar-refractivity contribution in [3.05, 3.63) is 64.6 Å². The first-order valence-electron chi connectivity index (χ1n) is 6.22. The number of Topliss-reactive ketones (excluding diaryl/α,β-unsaturated/α-hetero) is 1. The van der Waals surface area contributed by atoms with Crippen molar-refractivity contribution in [1.82, 2.24) is 4.31 Å². The molecule has 5 nitrogen and oxygen atoms in total. The Hall–Kier alpha value is -1.99. The zero-order valence-electron chi connectivity index (χ0n) is 11.6. The van der Waals surface area contributed by atoms with Crippen molar-refractivity contribution >= 4 is 37.6 Å². The van der Waals surface area contributed by atoms with Gasteiger partial charge < -0.3 is 0 Å². The number of rotatable bonds is 4. The van der Waals surface area contributed by atoms with Gasteiger partial charge in [-0.15, -0.1) is 0 Å². The summed E-state index contributed by atoms with van der Waals surface area (Å²) in [6.07, 6.45) is 0. The van der Waals surface area contributed by atoms with E-state index in [1.165, 1.54) is 24.3 Å². The lowest BCUT2D eigenvalue weighted by atomic mass is 10.1. The molecule has 0 saturated heterocycles. The summed E-state index contributed by atoms with van der Waals surface area (Å²) in [6, 6.07) is 13.6. The minimum Gasteiger partial charge on any atom is -0.283 e. The number of nitrogens with zero attached hydrogens (tertiary/aromatic N) is 1.